The lowest BCUT2D eigenvalue weighted by molar-refractivity contribution is -0.119. The quantitative estimate of drug-likeness (QED) is 0.925. The van der Waals surface area contributed by atoms with Gasteiger partial charge in [0.1, 0.15) is 0 Å². The molecular formula is C13H11F2NOS. The van der Waals surface area contributed by atoms with Gasteiger partial charge in [-0.25, -0.2) is 8.78 Å². The minimum atomic E-state index is -0.982. The lowest BCUT2D eigenvalue weighted by atomic mass is 10.0. The number of rotatable bonds is 4. The van der Waals surface area contributed by atoms with E-state index in [2.05, 4.69) is 0 Å². The van der Waals surface area contributed by atoms with E-state index in [1.807, 2.05) is 5.38 Å². The van der Waals surface area contributed by atoms with E-state index < -0.39 is 17.7 Å². The van der Waals surface area contributed by atoms with Crippen LogP contribution < -0.4 is 5.73 Å². The normalized spacial score (nSPS) is 12.4. The number of hydrogen-bond donors (Lipinski definition) is 1. The maximum Gasteiger partial charge on any atom is 0.162 e. The average molecular weight is 267 g/mol. The van der Waals surface area contributed by atoms with Gasteiger partial charge in [-0.3, -0.25) is 4.79 Å². The second-order valence-corrected chi connectivity index (χ2v) is 4.83. The van der Waals surface area contributed by atoms with E-state index in [4.69, 9.17) is 5.73 Å². The highest BCUT2D eigenvalue weighted by Crippen LogP contribution is 2.20. The van der Waals surface area contributed by atoms with Crippen LogP contribution in [0.1, 0.15) is 16.5 Å². The van der Waals surface area contributed by atoms with Gasteiger partial charge in [0, 0.05) is 11.3 Å². The van der Waals surface area contributed by atoms with Crippen molar-refractivity contribution in [1.82, 2.24) is 0 Å². The molecule has 0 aliphatic rings. The number of ketones is 1. The Morgan fingerprint density at radius 1 is 1.28 bits per heavy atom. The molecular weight excluding hydrogens is 256 g/mol. The van der Waals surface area contributed by atoms with Crippen molar-refractivity contribution in [3.63, 3.8) is 0 Å². The Balaban J connectivity index is 2.14. The fourth-order valence-electron chi connectivity index (χ4n) is 1.61. The predicted octanol–water partition coefficient (Wildman–Crippen LogP) is 2.84. The zero-order chi connectivity index (χ0) is 13.1. The van der Waals surface area contributed by atoms with Gasteiger partial charge in [0.2, 0.25) is 0 Å². The molecule has 1 aromatic heterocycles. The first kappa shape index (κ1) is 12.9. The number of carbonyl (C=O) groups excluding carboxylic acids is 1. The zero-order valence-electron chi connectivity index (χ0n) is 9.40. The molecule has 94 valence electrons. The van der Waals surface area contributed by atoms with Crippen LogP contribution in [0, 0.1) is 11.6 Å². The third kappa shape index (κ3) is 2.63. The molecule has 2 nitrogen and oxygen atoms in total. The predicted molar refractivity (Wildman–Crippen MR) is 66.3 cm³/mol. The molecule has 1 heterocycles. The van der Waals surface area contributed by atoms with Gasteiger partial charge in [0.05, 0.1) is 6.04 Å². The Labute approximate surface area is 107 Å². The average Bonchev–Trinajstić information content (AvgIpc) is 2.87. The first-order valence-corrected chi connectivity index (χ1v) is 6.22. The summed E-state index contributed by atoms with van der Waals surface area (Å²) in [5, 5.41) is 1.81. The number of halogens is 2. The first-order valence-electron chi connectivity index (χ1n) is 5.34. The van der Waals surface area contributed by atoms with E-state index in [0.29, 0.717) is 0 Å². The molecule has 1 aromatic carbocycles. The largest absolute Gasteiger partial charge is 0.317 e. The number of nitrogens with two attached hydrogens (primary N) is 1. The molecule has 0 aliphatic heterocycles. The van der Waals surface area contributed by atoms with E-state index in [9.17, 15) is 13.6 Å². The van der Waals surface area contributed by atoms with Crippen LogP contribution in [0.2, 0.25) is 0 Å². The summed E-state index contributed by atoms with van der Waals surface area (Å²) in [6.45, 7) is 0. The molecule has 0 amide bonds. The molecule has 0 fully saturated rings. The van der Waals surface area contributed by atoms with Crippen LogP contribution in [0.25, 0.3) is 0 Å². The standard InChI is InChI=1S/C13H11F2NOS/c14-9-4-1-3-8(12(9)15)7-10(17)13(16)11-5-2-6-18-11/h1-6,13H,7,16H2. The van der Waals surface area contributed by atoms with Crippen LogP contribution in [-0.2, 0) is 11.2 Å². The Morgan fingerprint density at radius 3 is 2.72 bits per heavy atom. The van der Waals surface area contributed by atoms with E-state index in [1.165, 1.54) is 23.5 Å². The summed E-state index contributed by atoms with van der Waals surface area (Å²) in [6, 6.07) is 6.52. The third-order valence-corrected chi connectivity index (χ3v) is 3.55. The number of hydrogen-bond acceptors (Lipinski definition) is 3. The number of thiophene rings is 1. The van der Waals surface area contributed by atoms with Gasteiger partial charge in [-0.15, -0.1) is 11.3 Å². The Bertz CT molecular complexity index is 554. The van der Waals surface area contributed by atoms with Crippen LogP contribution in [0.3, 0.4) is 0 Å². The van der Waals surface area contributed by atoms with Crippen molar-refractivity contribution in [3.8, 4) is 0 Å². The van der Waals surface area contributed by atoms with Gasteiger partial charge >= 0.3 is 0 Å². The van der Waals surface area contributed by atoms with Gasteiger partial charge in [-0.1, -0.05) is 18.2 Å². The molecule has 18 heavy (non-hydrogen) atoms. The molecule has 0 radical (unpaired) electrons. The Kier molecular flexibility index (Phi) is 3.84. The molecule has 2 rings (SSSR count). The van der Waals surface area contributed by atoms with Crippen molar-refractivity contribution in [2.75, 3.05) is 0 Å². The lowest BCUT2D eigenvalue weighted by Crippen LogP contribution is -2.22. The van der Waals surface area contributed by atoms with Crippen molar-refractivity contribution >= 4 is 17.1 Å². The highest BCUT2D eigenvalue weighted by atomic mass is 32.1. The van der Waals surface area contributed by atoms with Crippen LogP contribution in [0.4, 0.5) is 8.78 Å². The molecule has 0 saturated carbocycles. The number of Topliss-reactive ketones (excluding diaryl/α,β-unsaturated/α-hetero) is 1. The van der Waals surface area contributed by atoms with E-state index in [0.717, 1.165) is 10.9 Å². The molecule has 0 spiro atoms. The van der Waals surface area contributed by atoms with Gasteiger partial charge in [-0.2, -0.15) is 0 Å². The van der Waals surface area contributed by atoms with Crippen LogP contribution in [0.15, 0.2) is 35.7 Å². The topological polar surface area (TPSA) is 43.1 Å². The Morgan fingerprint density at radius 2 is 2.06 bits per heavy atom. The van der Waals surface area contributed by atoms with Crippen LogP contribution in [-0.4, -0.2) is 5.78 Å². The maximum atomic E-state index is 13.4. The van der Waals surface area contributed by atoms with E-state index >= 15 is 0 Å². The van der Waals surface area contributed by atoms with Crippen molar-refractivity contribution in [2.24, 2.45) is 5.73 Å². The summed E-state index contributed by atoms with van der Waals surface area (Å²) in [7, 11) is 0. The zero-order valence-corrected chi connectivity index (χ0v) is 10.2. The number of carbonyl (C=O) groups is 1. The van der Waals surface area contributed by atoms with Crippen LogP contribution >= 0.6 is 11.3 Å². The monoisotopic (exact) mass is 267 g/mol. The third-order valence-electron chi connectivity index (χ3n) is 2.59. The van der Waals surface area contributed by atoms with E-state index in [-0.39, 0.29) is 17.8 Å². The molecule has 1 unspecified atom stereocenters. The fourth-order valence-corrected chi connectivity index (χ4v) is 2.36. The maximum absolute atomic E-state index is 13.4. The summed E-state index contributed by atoms with van der Waals surface area (Å²) >= 11 is 1.36. The molecule has 1 atom stereocenters. The molecule has 0 bridgehead atoms. The summed E-state index contributed by atoms with van der Waals surface area (Å²) < 4.78 is 26.4. The fraction of sp³-hybridized carbons (Fsp3) is 0.154. The SMILES string of the molecule is NC(C(=O)Cc1cccc(F)c1F)c1cccs1. The minimum Gasteiger partial charge on any atom is -0.317 e. The van der Waals surface area contributed by atoms with Gasteiger partial charge in [-0.05, 0) is 23.1 Å². The molecule has 0 saturated heterocycles. The molecule has 0 aliphatic carbocycles. The highest BCUT2D eigenvalue weighted by molar-refractivity contribution is 7.10. The van der Waals surface area contributed by atoms with Crippen molar-refractivity contribution in [1.29, 1.82) is 0 Å². The molecule has 2 aromatic rings. The van der Waals surface area contributed by atoms with Gasteiger partial charge in [0.15, 0.2) is 17.4 Å². The second-order valence-electron chi connectivity index (χ2n) is 3.85. The van der Waals surface area contributed by atoms with Gasteiger partial charge < -0.3 is 5.73 Å². The molecule has 5 heteroatoms. The van der Waals surface area contributed by atoms with Gasteiger partial charge in [0.25, 0.3) is 0 Å². The minimum absolute atomic E-state index is 0.0343. The van der Waals surface area contributed by atoms with E-state index in [1.54, 1.807) is 12.1 Å². The summed E-state index contributed by atoms with van der Waals surface area (Å²) in [4.78, 5) is 12.6. The first-order chi connectivity index (χ1) is 8.59. The highest BCUT2D eigenvalue weighted by Gasteiger charge is 2.19. The summed E-state index contributed by atoms with van der Waals surface area (Å²) in [5.41, 5.74) is 5.80. The number of benzene rings is 1. The van der Waals surface area contributed by atoms with Crippen LogP contribution in [0.5, 0.6) is 0 Å². The molecule has 2 N–H and O–H groups in total. The lowest BCUT2D eigenvalue weighted by Gasteiger charge is -2.09. The van der Waals surface area contributed by atoms with Crippen molar-refractivity contribution in [2.45, 2.75) is 12.5 Å². The summed E-state index contributed by atoms with van der Waals surface area (Å²) in [6.07, 6.45) is -0.206. The second kappa shape index (κ2) is 5.37. The Hall–Kier alpha value is -1.59. The smallest absolute Gasteiger partial charge is 0.162 e. The van der Waals surface area contributed by atoms with Crippen molar-refractivity contribution < 1.29 is 13.6 Å². The van der Waals surface area contributed by atoms with Crippen molar-refractivity contribution in [3.05, 3.63) is 57.8 Å². The summed E-state index contributed by atoms with van der Waals surface area (Å²) in [5.74, 6) is -2.27.